The van der Waals surface area contributed by atoms with Crippen molar-refractivity contribution < 1.29 is 9.94 Å². The molecule has 0 bridgehead atoms. The highest BCUT2D eigenvalue weighted by molar-refractivity contribution is 5.99. The molecule has 0 aliphatic rings. The van der Waals surface area contributed by atoms with Crippen LogP contribution in [0, 0.1) is 0 Å². The fourth-order valence-corrected chi connectivity index (χ4v) is 2.22. The van der Waals surface area contributed by atoms with Crippen LogP contribution in [0.3, 0.4) is 0 Å². The molecule has 21 heavy (non-hydrogen) atoms. The molecular formula is C17H14N2O2. The van der Waals surface area contributed by atoms with E-state index in [0.717, 1.165) is 16.5 Å². The van der Waals surface area contributed by atoms with Gasteiger partial charge in [0.25, 0.3) is 0 Å². The number of hydrogen-bond donors (Lipinski definition) is 2. The second-order valence-corrected chi connectivity index (χ2v) is 4.56. The largest absolute Gasteiger partial charge is 0.456 e. The maximum Gasteiger partial charge on any atom is 0.173 e. The van der Waals surface area contributed by atoms with Crippen molar-refractivity contribution >= 4 is 16.6 Å². The molecule has 0 saturated carbocycles. The predicted octanol–water partition coefficient (Wildman–Crippen LogP) is 3.73. The van der Waals surface area contributed by atoms with Crippen molar-refractivity contribution in [3.63, 3.8) is 0 Å². The Morgan fingerprint density at radius 1 is 0.857 bits per heavy atom. The fourth-order valence-electron chi connectivity index (χ4n) is 2.22. The first-order valence-corrected chi connectivity index (χ1v) is 6.52. The number of nitrogens with zero attached hydrogens (tertiary/aromatic N) is 1. The Balaban J connectivity index is 2.08. The Hall–Kier alpha value is -3.01. The van der Waals surface area contributed by atoms with Crippen LogP contribution in [0.2, 0.25) is 0 Å². The summed E-state index contributed by atoms with van der Waals surface area (Å²) in [7, 11) is 0. The third-order valence-corrected chi connectivity index (χ3v) is 3.24. The number of benzene rings is 3. The van der Waals surface area contributed by atoms with Crippen LogP contribution in [0.1, 0.15) is 5.56 Å². The zero-order valence-corrected chi connectivity index (χ0v) is 11.2. The highest BCUT2D eigenvalue weighted by Gasteiger charge is 2.10. The molecule has 3 aromatic carbocycles. The fraction of sp³-hybridized carbons (Fsp3) is 0. The van der Waals surface area contributed by atoms with Crippen molar-refractivity contribution in [3.8, 4) is 11.5 Å². The predicted molar refractivity (Wildman–Crippen MR) is 83.0 cm³/mol. The lowest BCUT2D eigenvalue weighted by atomic mass is 10.1. The second kappa shape index (κ2) is 5.54. The summed E-state index contributed by atoms with van der Waals surface area (Å²) in [5.41, 5.74) is 6.23. The van der Waals surface area contributed by atoms with Gasteiger partial charge in [-0.3, -0.25) is 0 Å². The van der Waals surface area contributed by atoms with Crippen molar-refractivity contribution in [2.75, 3.05) is 0 Å². The molecule has 3 N–H and O–H groups in total. The lowest BCUT2D eigenvalue weighted by Crippen LogP contribution is -2.14. The molecule has 4 nitrogen and oxygen atoms in total. The van der Waals surface area contributed by atoms with Gasteiger partial charge < -0.3 is 15.7 Å². The number of rotatable bonds is 3. The molecule has 0 saturated heterocycles. The molecule has 0 aliphatic heterocycles. The van der Waals surface area contributed by atoms with E-state index in [-0.39, 0.29) is 5.84 Å². The SMILES string of the molecule is N/C(=N\O)c1ccccc1Oc1cccc2ccccc12. The van der Waals surface area contributed by atoms with E-state index >= 15 is 0 Å². The summed E-state index contributed by atoms with van der Waals surface area (Å²) in [5.74, 6) is 1.29. The quantitative estimate of drug-likeness (QED) is 0.332. The van der Waals surface area contributed by atoms with Gasteiger partial charge >= 0.3 is 0 Å². The first-order chi connectivity index (χ1) is 10.3. The minimum absolute atomic E-state index is 0.0193. The van der Waals surface area contributed by atoms with Crippen LogP contribution < -0.4 is 10.5 Å². The molecule has 104 valence electrons. The first-order valence-electron chi connectivity index (χ1n) is 6.52. The van der Waals surface area contributed by atoms with Gasteiger partial charge in [0, 0.05) is 5.39 Å². The lowest BCUT2D eigenvalue weighted by Gasteiger charge is -2.12. The van der Waals surface area contributed by atoms with Gasteiger partial charge in [0.15, 0.2) is 5.84 Å². The van der Waals surface area contributed by atoms with E-state index in [1.807, 2.05) is 54.6 Å². The second-order valence-electron chi connectivity index (χ2n) is 4.56. The number of amidine groups is 1. The summed E-state index contributed by atoms with van der Waals surface area (Å²) in [4.78, 5) is 0. The number of para-hydroxylation sites is 1. The lowest BCUT2D eigenvalue weighted by molar-refractivity contribution is 0.318. The van der Waals surface area contributed by atoms with Gasteiger partial charge in [-0.1, -0.05) is 53.7 Å². The molecule has 4 heteroatoms. The van der Waals surface area contributed by atoms with Crippen LogP contribution in [0.25, 0.3) is 10.8 Å². The molecule has 0 unspecified atom stereocenters. The van der Waals surface area contributed by atoms with Crippen LogP contribution in [0.5, 0.6) is 11.5 Å². The number of oxime groups is 1. The van der Waals surface area contributed by atoms with Gasteiger partial charge in [0.05, 0.1) is 5.56 Å². The van der Waals surface area contributed by atoms with E-state index in [1.54, 1.807) is 12.1 Å². The molecule has 0 heterocycles. The molecule has 0 spiro atoms. The number of nitrogens with two attached hydrogens (primary N) is 1. The molecule has 0 aliphatic carbocycles. The Labute approximate surface area is 122 Å². The van der Waals surface area contributed by atoms with Gasteiger partial charge in [-0.2, -0.15) is 0 Å². The Kier molecular flexibility index (Phi) is 3.43. The van der Waals surface area contributed by atoms with Crippen molar-refractivity contribution in [2.24, 2.45) is 10.9 Å². The topological polar surface area (TPSA) is 67.8 Å². The summed E-state index contributed by atoms with van der Waals surface area (Å²) < 4.78 is 5.97. The van der Waals surface area contributed by atoms with Crippen LogP contribution in [-0.4, -0.2) is 11.0 Å². The van der Waals surface area contributed by atoms with E-state index in [2.05, 4.69) is 5.16 Å². The van der Waals surface area contributed by atoms with Crippen LogP contribution in [0.4, 0.5) is 0 Å². The molecular weight excluding hydrogens is 264 g/mol. The molecule has 0 atom stereocenters. The van der Waals surface area contributed by atoms with Gasteiger partial charge in [-0.15, -0.1) is 0 Å². The molecule has 0 fully saturated rings. The highest BCUT2D eigenvalue weighted by Crippen LogP contribution is 2.31. The van der Waals surface area contributed by atoms with Gasteiger partial charge in [0.1, 0.15) is 11.5 Å². The molecule has 3 rings (SSSR count). The average molecular weight is 278 g/mol. The normalized spacial score (nSPS) is 11.5. The van der Waals surface area contributed by atoms with E-state index < -0.39 is 0 Å². The summed E-state index contributed by atoms with van der Waals surface area (Å²) in [6, 6.07) is 21.0. The van der Waals surface area contributed by atoms with Gasteiger partial charge in [0.2, 0.25) is 0 Å². The summed E-state index contributed by atoms with van der Waals surface area (Å²) in [6.07, 6.45) is 0. The molecule has 3 aromatic rings. The standard InChI is InChI=1S/C17H14N2O2/c18-17(19-20)14-9-3-4-10-16(14)21-15-11-5-7-12-6-1-2-8-13(12)15/h1-11,20H,(H2,18,19). The Morgan fingerprint density at radius 3 is 2.38 bits per heavy atom. The third-order valence-electron chi connectivity index (χ3n) is 3.24. The van der Waals surface area contributed by atoms with Gasteiger partial charge in [-0.25, -0.2) is 0 Å². The summed E-state index contributed by atoms with van der Waals surface area (Å²) in [6.45, 7) is 0. The average Bonchev–Trinajstić information content (AvgIpc) is 2.55. The zero-order chi connectivity index (χ0) is 14.7. The van der Waals surface area contributed by atoms with Crippen molar-refractivity contribution in [1.82, 2.24) is 0 Å². The summed E-state index contributed by atoms with van der Waals surface area (Å²) in [5, 5.41) is 14.0. The zero-order valence-electron chi connectivity index (χ0n) is 11.2. The minimum Gasteiger partial charge on any atom is -0.456 e. The minimum atomic E-state index is 0.0193. The van der Waals surface area contributed by atoms with Crippen molar-refractivity contribution in [1.29, 1.82) is 0 Å². The molecule has 0 aromatic heterocycles. The van der Waals surface area contributed by atoms with Crippen molar-refractivity contribution in [3.05, 3.63) is 72.3 Å². The molecule has 0 radical (unpaired) electrons. The van der Waals surface area contributed by atoms with Gasteiger partial charge in [-0.05, 0) is 23.6 Å². The summed E-state index contributed by atoms with van der Waals surface area (Å²) >= 11 is 0. The maximum absolute atomic E-state index is 8.86. The van der Waals surface area contributed by atoms with E-state index in [9.17, 15) is 0 Å². The van der Waals surface area contributed by atoms with Crippen molar-refractivity contribution in [2.45, 2.75) is 0 Å². The Morgan fingerprint density at radius 2 is 1.52 bits per heavy atom. The van der Waals surface area contributed by atoms with Crippen LogP contribution in [-0.2, 0) is 0 Å². The van der Waals surface area contributed by atoms with Crippen LogP contribution >= 0.6 is 0 Å². The maximum atomic E-state index is 8.86. The van der Waals surface area contributed by atoms with E-state index in [4.69, 9.17) is 15.7 Å². The number of ether oxygens (including phenoxy) is 1. The smallest absolute Gasteiger partial charge is 0.173 e. The first kappa shape index (κ1) is 13.0. The van der Waals surface area contributed by atoms with Crippen LogP contribution in [0.15, 0.2) is 71.9 Å². The molecule has 0 amide bonds. The number of fused-ring (bicyclic) bond motifs is 1. The monoisotopic (exact) mass is 278 g/mol. The Bertz CT molecular complexity index is 807. The van der Waals surface area contributed by atoms with E-state index in [1.165, 1.54) is 0 Å². The highest BCUT2D eigenvalue weighted by atomic mass is 16.5. The third kappa shape index (κ3) is 2.51. The number of hydrogen-bond acceptors (Lipinski definition) is 3. The van der Waals surface area contributed by atoms with E-state index in [0.29, 0.717) is 11.3 Å².